The highest BCUT2D eigenvalue weighted by Gasteiger charge is 2.14. The van der Waals surface area contributed by atoms with Crippen molar-refractivity contribution in [3.05, 3.63) is 17.5 Å². The third-order valence-corrected chi connectivity index (χ3v) is 1.59. The van der Waals surface area contributed by atoms with E-state index >= 15 is 0 Å². The van der Waals surface area contributed by atoms with Crippen LogP contribution in [0.3, 0.4) is 0 Å². The molecule has 1 aromatic rings. The van der Waals surface area contributed by atoms with Crippen LogP contribution in [0.25, 0.3) is 0 Å². The van der Waals surface area contributed by atoms with E-state index in [1.54, 1.807) is 6.92 Å². The van der Waals surface area contributed by atoms with Crippen molar-refractivity contribution in [3.8, 4) is 0 Å². The van der Waals surface area contributed by atoms with E-state index in [4.69, 9.17) is 0 Å². The summed E-state index contributed by atoms with van der Waals surface area (Å²) < 4.78 is 23.4. The van der Waals surface area contributed by atoms with Crippen molar-refractivity contribution >= 4 is 5.91 Å². The highest BCUT2D eigenvalue weighted by molar-refractivity contribution is 5.79. The Morgan fingerprint density at radius 2 is 2.46 bits per heavy atom. The molecule has 13 heavy (non-hydrogen) atoms. The van der Waals surface area contributed by atoms with Gasteiger partial charge in [0.2, 0.25) is 0 Å². The topological polar surface area (TPSA) is 57.8 Å². The first-order chi connectivity index (χ1) is 6.11. The lowest BCUT2D eigenvalue weighted by Gasteiger charge is -2.02. The standard InChI is InChI=1S/C7H9F2N3O/c1-4-5(3-11-12-4)2-10-7(13)6(8)9/h3,6H,2H2,1H3,(H,10,13)(H,11,12). The second-order valence-electron chi connectivity index (χ2n) is 2.54. The van der Waals surface area contributed by atoms with E-state index < -0.39 is 12.3 Å². The van der Waals surface area contributed by atoms with Gasteiger partial charge >= 0.3 is 6.43 Å². The Labute approximate surface area is 73.3 Å². The van der Waals surface area contributed by atoms with E-state index in [1.165, 1.54) is 6.20 Å². The van der Waals surface area contributed by atoms with Crippen molar-refractivity contribution in [1.82, 2.24) is 15.5 Å². The zero-order chi connectivity index (χ0) is 9.84. The molecule has 1 rings (SSSR count). The summed E-state index contributed by atoms with van der Waals surface area (Å²) in [7, 11) is 0. The van der Waals surface area contributed by atoms with E-state index in [-0.39, 0.29) is 6.54 Å². The second-order valence-corrected chi connectivity index (χ2v) is 2.54. The van der Waals surface area contributed by atoms with Crippen molar-refractivity contribution in [1.29, 1.82) is 0 Å². The molecule has 0 saturated heterocycles. The third-order valence-electron chi connectivity index (χ3n) is 1.59. The molecule has 0 fully saturated rings. The summed E-state index contributed by atoms with van der Waals surface area (Å²) in [6, 6.07) is 0. The maximum absolute atomic E-state index is 11.7. The Bertz CT molecular complexity index is 298. The van der Waals surface area contributed by atoms with Gasteiger partial charge in [-0.25, -0.2) is 0 Å². The van der Waals surface area contributed by atoms with Gasteiger partial charge in [-0.2, -0.15) is 13.9 Å². The van der Waals surface area contributed by atoms with Crippen LogP contribution in [0.4, 0.5) is 8.78 Å². The molecule has 1 heterocycles. The lowest BCUT2D eigenvalue weighted by Crippen LogP contribution is -2.28. The lowest BCUT2D eigenvalue weighted by molar-refractivity contribution is -0.131. The summed E-state index contributed by atoms with van der Waals surface area (Å²) in [5.41, 5.74) is 1.46. The summed E-state index contributed by atoms with van der Waals surface area (Å²) in [5.74, 6) is -1.26. The summed E-state index contributed by atoms with van der Waals surface area (Å²) >= 11 is 0. The molecule has 0 aromatic carbocycles. The van der Waals surface area contributed by atoms with E-state index in [2.05, 4.69) is 15.5 Å². The fraction of sp³-hybridized carbons (Fsp3) is 0.429. The number of halogens is 2. The molecule has 0 saturated carbocycles. The molecule has 2 N–H and O–H groups in total. The number of hydrogen-bond donors (Lipinski definition) is 2. The number of hydrogen-bond acceptors (Lipinski definition) is 2. The number of nitrogens with one attached hydrogen (secondary N) is 2. The molecule has 1 aromatic heterocycles. The van der Waals surface area contributed by atoms with E-state index in [0.717, 1.165) is 5.69 Å². The number of aryl methyl sites for hydroxylation is 1. The van der Waals surface area contributed by atoms with Gasteiger partial charge in [-0.05, 0) is 6.92 Å². The van der Waals surface area contributed by atoms with Crippen LogP contribution in [-0.4, -0.2) is 22.5 Å². The van der Waals surface area contributed by atoms with Gasteiger partial charge in [-0.3, -0.25) is 9.89 Å². The molecule has 0 bridgehead atoms. The smallest absolute Gasteiger partial charge is 0.315 e. The van der Waals surface area contributed by atoms with Crippen molar-refractivity contribution in [2.45, 2.75) is 19.9 Å². The fourth-order valence-corrected chi connectivity index (χ4v) is 0.813. The monoisotopic (exact) mass is 189 g/mol. The molecule has 0 aliphatic rings. The predicted molar refractivity (Wildman–Crippen MR) is 41.2 cm³/mol. The highest BCUT2D eigenvalue weighted by atomic mass is 19.3. The minimum atomic E-state index is -2.97. The molecule has 0 atom stereocenters. The number of carbonyl (C=O) groups is 1. The van der Waals surface area contributed by atoms with Crippen molar-refractivity contribution in [3.63, 3.8) is 0 Å². The van der Waals surface area contributed by atoms with Crippen LogP contribution in [0.1, 0.15) is 11.3 Å². The van der Waals surface area contributed by atoms with E-state index in [9.17, 15) is 13.6 Å². The molecule has 0 spiro atoms. The van der Waals surface area contributed by atoms with E-state index in [1.807, 2.05) is 0 Å². The van der Waals surface area contributed by atoms with Gasteiger partial charge in [0.15, 0.2) is 0 Å². The minimum absolute atomic E-state index is 0.0749. The number of nitrogens with zero attached hydrogens (tertiary/aromatic N) is 1. The summed E-state index contributed by atoms with van der Waals surface area (Å²) in [6.45, 7) is 1.82. The van der Waals surface area contributed by atoms with Gasteiger partial charge in [0, 0.05) is 17.8 Å². The Balaban J connectivity index is 2.44. The molecule has 0 radical (unpaired) electrons. The molecular formula is C7H9F2N3O. The average Bonchev–Trinajstić information content (AvgIpc) is 2.47. The van der Waals surface area contributed by atoms with Gasteiger partial charge in [0.25, 0.3) is 5.91 Å². The maximum atomic E-state index is 11.7. The summed E-state index contributed by atoms with van der Waals surface area (Å²) in [4.78, 5) is 10.5. The van der Waals surface area contributed by atoms with Gasteiger partial charge in [-0.1, -0.05) is 0 Å². The zero-order valence-electron chi connectivity index (χ0n) is 6.97. The van der Waals surface area contributed by atoms with Crippen LogP contribution < -0.4 is 5.32 Å². The third kappa shape index (κ3) is 2.50. The predicted octanol–water partition coefficient (Wildman–Crippen LogP) is 0.599. The molecule has 6 heteroatoms. The van der Waals surface area contributed by atoms with Crippen molar-refractivity contribution in [2.75, 3.05) is 0 Å². The largest absolute Gasteiger partial charge is 0.347 e. The van der Waals surface area contributed by atoms with Crippen molar-refractivity contribution < 1.29 is 13.6 Å². The first-order valence-electron chi connectivity index (χ1n) is 3.66. The summed E-state index contributed by atoms with van der Waals surface area (Å²) in [5, 5.41) is 8.39. The molecule has 72 valence electrons. The highest BCUT2D eigenvalue weighted by Crippen LogP contribution is 2.01. The molecule has 0 unspecified atom stereocenters. The van der Waals surface area contributed by atoms with Crippen LogP contribution in [-0.2, 0) is 11.3 Å². The second kappa shape index (κ2) is 3.97. The van der Waals surface area contributed by atoms with Crippen LogP contribution in [0, 0.1) is 6.92 Å². The molecule has 1 amide bonds. The number of aromatic nitrogens is 2. The van der Waals surface area contributed by atoms with Crippen LogP contribution in [0.5, 0.6) is 0 Å². The minimum Gasteiger partial charge on any atom is -0.347 e. The van der Waals surface area contributed by atoms with E-state index in [0.29, 0.717) is 5.56 Å². The molecule has 0 aliphatic heterocycles. The molecule has 0 aliphatic carbocycles. The Kier molecular flexibility index (Phi) is 2.94. The van der Waals surface area contributed by atoms with Gasteiger partial charge in [0.05, 0.1) is 6.20 Å². The van der Waals surface area contributed by atoms with Gasteiger partial charge in [0.1, 0.15) is 0 Å². The first-order valence-corrected chi connectivity index (χ1v) is 3.66. The SMILES string of the molecule is Cc1[nH]ncc1CNC(=O)C(F)F. The number of carbonyl (C=O) groups excluding carboxylic acids is 1. The fourth-order valence-electron chi connectivity index (χ4n) is 0.813. The Morgan fingerprint density at radius 3 is 2.92 bits per heavy atom. The Hall–Kier alpha value is -1.46. The number of rotatable bonds is 3. The molecule has 4 nitrogen and oxygen atoms in total. The lowest BCUT2D eigenvalue weighted by atomic mass is 10.2. The summed E-state index contributed by atoms with van der Waals surface area (Å²) in [6.07, 6.45) is -1.48. The number of amides is 1. The molecular weight excluding hydrogens is 180 g/mol. The number of alkyl halides is 2. The zero-order valence-corrected chi connectivity index (χ0v) is 6.97. The average molecular weight is 189 g/mol. The van der Waals surface area contributed by atoms with Crippen LogP contribution in [0.2, 0.25) is 0 Å². The number of H-pyrrole nitrogens is 1. The van der Waals surface area contributed by atoms with Gasteiger partial charge in [-0.15, -0.1) is 0 Å². The number of aromatic amines is 1. The van der Waals surface area contributed by atoms with Crippen LogP contribution in [0.15, 0.2) is 6.20 Å². The van der Waals surface area contributed by atoms with Crippen molar-refractivity contribution in [2.24, 2.45) is 0 Å². The Morgan fingerprint density at radius 1 is 1.77 bits per heavy atom. The maximum Gasteiger partial charge on any atom is 0.315 e. The van der Waals surface area contributed by atoms with Crippen LogP contribution >= 0.6 is 0 Å². The first kappa shape index (κ1) is 9.63. The van der Waals surface area contributed by atoms with Gasteiger partial charge < -0.3 is 5.32 Å². The quantitative estimate of drug-likeness (QED) is 0.731. The normalized spacial score (nSPS) is 10.5.